The molecule has 1 aromatic heterocycles. The van der Waals surface area contributed by atoms with Gasteiger partial charge in [-0.05, 0) is 49.5 Å². The minimum Gasteiger partial charge on any atom is -0.381 e. The monoisotopic (exact) mass is 404 g/mol. The van der Waals surface area contributed by atoms with Gasteiger partial charge in [-0.25, -0.2) is 0 Å². The number of ether oxygens (including phenoxy) is 1. The predicted molar refractivity (Wildman–Crippen MR) is 95.7 cm³/mol. The van der Waals surface area contributed by atoms with E-state index in [9.17, 15) is 13.2 Å². The first-order valence-corrected chi connectivity index (χ1v) is 9.93. The van der Waals surface area contributed by atoms with Crippen molar-refractivity contribution in [2.24, 2.45) is 17.8 Å². The second kappa shape index (κ2) is 7.72. The quantitative estimate of drug-likeness (QED) is 0.829. The van der Waals surface area contributed by atoms with Gasteiger partial charge in [0.05, 0.1) is 0 Å². The molecular weight excluding hydrogens is 381 g/mol. The zero-order chi connectivity index (χ0) is 19.0. The molecule has 1 N–H and O–H groups in total. The number of aromatic nitrogens is 2. The molecule has 1 aliphatic carbocycles. The Labute approximate surface area is 161 Å². The number of halogens is 4. The second-order valence-corrected chi connectivity index (χ2v) is 8.42. The Bertz CT molecular complexity index is 654. The van der Waals surface area contributed by atoms with E-state index in [0.717, 1.165) is 64.6 Å². The Hall–Kier alpha value is -1.12. The SMILES string of the molecule is FC(F)(F)c1cc(Cl)nnc1N[C@@H]1C[C@@H]2CN(CC3CCOCC3)C[C@@H]2C1. The van der Waals surface area contributed by atoms with Crippen molar-refractivity contribution in [2.75, 3.05) is 38.2 Å². The molecule has 5 nitrogen and oxygen atoms in total. The van der Waals surface area contributed by atoms with E-state index in [1.54, 1.807) is 0 Å². The maximum atomic E-state index is 13.2. The predicted octanol–water partition coefficient (Wildman–Crippen LogP) is 3.70. The van der Waals surface area contributed by atoms with E-state index in [-0.39, 0.29) is 17.0 Å². The molecule has 0 bridgehead atoms. The summed E-state index contributed by atoms with van der Waals surface area (Å²) in [5.74, 6) is 1.58. The third-order valence-corrected chi connectivity index (χ3v) is 6.28. The van der Waals surface area contributed by atoms with Gasteiger partial charge >= 0.3 is 6.18 Å². The molecule has 3 fully saturated rings. The molecule has 150 valence electrons. The lowest BCUT2D eigenvalue weighted by Gasteiger charge is -2.28. The molecule has 1 aromatic rings. The van der Waals surface area contributed by atoms with Crippen molar-refractivity contribution in [1.82, 2.24) is 15.1 Å². The van der Waals surface area contributed by atoms with Crippen LogP contribution in [0.15, 0.2) is 6.07 Å². The Balaban J connectivity index is 1.33. The van der Waals surface area contributed by atoms with Crippen molar-refractivity contribution >= 4 is 17.4 Å². The molecule has 27 heavy (non-hydrogen) atoms. The molecule has 3 heterocycles. The maximum absolute atomic E-state index is 13.2. The Morgan fingerprint density at radius 3 is 2.44 bits per heavy atom. The molecule has 2 saturated heterocycles. The van der Waals surface area contributed by atoms with Crippen LogP contribution in [0.3, 0.4) is 0 Å². The van der Waals surface area contributed by atoms with E-state index in [1.807, 2.05) is 0 Å². The summed E-state index contributed by atoms with van der Waals surface area (Å²) in [7, 11) is 0. The standard InChI is InChI=1S/C18H24ClF3N4O/c19-16-7-15(18(20,21)22)17(25-24-16)23-14-5-12-9-26(10-13(12)6-14)8-11-1-3-27-4-2-11/h7,11-14H,1-6,8-10H2,(H,23,25)/t12-,13+,14-. The van der Waals surface area contributed by atoms with Gasteiger partial charge < -0.3 is 15.0 Å². The molecule has 2 aliphatic heterocycles. The fraction of sp³-hybridized carbons (Fsp3) is 0.778. The van der Waals surface area contributed by atoms with Crippen molar-refractivity contribution in [3.05, 3.63) is 16.8 Å². The molecule has 0 unspecified atom stereocenters. The first kappa shape index (κ1) is 19.2. The smallest absolute Gasteiger partial charge is 0.381 e. The first-order chi connectivity index (χ1) is 12.9. The molecule has 3 aliphatic rings. The number of alkyl halides is 3. The molecule has 0 amide bonds. The molecule has 1 saturated carbocycles. The first-order valence-electron chi connectivity index (χ1n) is 9.55. The summed E-state index contributed by atoms with van der Waals surface area (Å²) >= 11 is 5.60. The summed E-state index contributed by atoms with van der Waals surface area (Å²) in [5.41, 5.74) is -0.847. The maximum Gasteiger partial charge on any atom is 0.420 e. The van der Waals surface area contributed by atoms with Crippen molar-refractivity contribution in [3.63, 3.8) is 0 Å². The van der Waals surface area contributed by atoms with Crippen LogP contribution < -0.4 is 5.32 Å². The molecule has 0 aromatic carbocycles. The van der Waals surface area contributed by atoms with Gasteiger partial charge in [-0.1, -0.05) is 11.6 Å². The number of nitrogens with zero attached hydrogens (tertiary/aromatic N) is 3. The lowest BCUT2D eigenvalue weighted by atomic mass is 10.00. The van der Waals surface area contributed by atoms with Gasteiger partial charge in [-0.15, -0.1) is 10.2 Å². The van der Waals surface area contributed by atoms with Gasteiger partial charge in [0.25, 0.3) is 0 Å². The molecule has 4 rings (SSSR count). The van der Waals surface area contributed by atoms with E-state index in [4.69, 9.17) is 16.3 Å². The lowest BCUT2D eigenvalue weighted by Crippen LogP contribution is -2.32. The van der Waals surface area contributed by atoms with Gasteiger partial charge in [-0.2, -0.15) is 13.2 Å². The van der Waals surface area contributed by atoms with Crippen LogP contribution in [0, 0.1) is 17.8 Å². The summed E-state index contributed by atoms with van der Waals surface area (Å²) in [6, 6.07) is 0.837. The topological polar surface area (TPSA) is 50.3 Å². The van der Waals surface area contributed by atoms with Crippen molar-refractivity contribution < 1.29 is 17.9 Å². The average molecular weight is 405 g/mol. The van der Waals surface area contributed by atoms with E-state index < -0.39 is 11.7 Å². The number of hydrogen-bond donors (Lipinski definition) is 1. The number of rotatable bonds is 4. The minimum absolute atomic E-state index is 0.00167. The van der Waals surface area contributed by atoms with Crippen LogP contribution in [0.25, 0.3) is 0 Å². The zero-order valence-electron chi connectivity index (χ0n) is 15.0. The highest BCUT2D eigenvalue weighted by Gasteiger charge is 2.42. The fourth-order valence-electron chi connectivity index (χ4n) is 4.84. The minimum atomic E-state index is -4.50. The summed E-state index contributed by atoms with van der Waals surface area (Å²) in [4.78, 5) is 2.53. The summed E-state index contributed by atoms with van der Waals surface area (Å²) in [6.45, 7) is 4.93. The number of anilines is 1. The Morgan fingerprint density at radius 2 is 1.81 bits per heavy atom. The fourth-order valence-corrected chi connectivity index (χ4v) is 4.99. The van der Waals surface area contributed by atoms with Crippen molar-refractivity contribution in [1.29, 1.82) is 0 Å². The number of nitrogens with one attached hydrogen (secondary N) is 1. The molecule has 3 atom stereocenters. The number of fused-ring (bicyclic) bond motifs is 1. The van der Waals surface area contributed by atoms with Crippen molar-refractivity contribution in [2.45, 2.75) is 37.9 Å². The van der Waals surface area contributed by atoms with Crippen LogP contribution >= 0.6 is 11.6 Å². The van der Waals surface area contributed by atoms with E-state index in [2.05, 4.69) is 20.4 Å². The summed E-state index contributed by atoms with van der Waals surface area (Å²) in [6.07, 6.45) is -0.499. The van der Waals surface area contributed by atoms with Gasteiger partial charge in [0.15, 0.2) is 11.0 Å². The zero-order valence-corrected chi connectivity index (χ0v) is 15.8. The van der Waals surface area contributed by atoms with Crippen LogP contribution in [0.4, 0.5) is 19.0 Å². The van der Waals surface area contributed by atoms with Crippen LogP contribution in [-0.4, -0.2) is 54.0 Å². The number of likely N-dealkylation sites (tertiary alicyclic amines) is 1. The Morgan fingerprint density at radius 1 is 1.15 bits per heavy atom. The van der Waals surface area contributed by atoms with Gasteiger partial charge in [0.2, 0.25) is 0 Å². The van der Waals surface area contributed by atoms with E-state index in [1.165, 1.54) is 0 Å². The summed E-state index contributed by atoms with van der Waals surface area (Å²) in [5, 5.41) is 9.97. The molecule has 9 heteroatoms. The van der Waals surface area contributed by atoms with Gasteiger partial charge in [0.1, 0.15) is 5.56 Å². The Kier molecular flexibility index (Phi) is 5.49. The van der Waals surface area contributed by atoms with E-state index in [0.29, 0.717) is 17.8 Å². The van der Waals surface area contributed by atoms with Crippen molar-refractivity contribution in [3.8, 4) is 0 Å². The third-order valence-electron chi connectivity index (χ3n) is 6.09. The van der Waals surface area contributed by atoms with Gasteiger partial charge in [-0.3, -0.25) is 0 Å². The molecule has 0 radical (unpaired) electrons. The summed E-state index contributed by atoms with van der Waals surface area (Å²) < 4.78 is 45.1. The highest BCUT2D eigenvalue weighted by molar-refractivity contribution is 6.29. The van der Waals surface area contributed by atoms with Crippen LogP contribution in [0.5, 0.6) is 0 Å². The largest absolute Gasteiger partial charge is 0.420 e. The molecular formula is C18H24ClF3N4O. The van der Waals surface area contributed by atoms with Crippen LogP contribution in [0.1, 0.15) is 31.2 Å². The van der Waals surface area contributed by atoms with E-state index >= 15 is 0 Å². The van der Waals surface area contributed by atoms with Gasteiger partial charge in [0, 0.05) is 38.9 Å². The van der Waals surface area contributed by atoms with Crippen LogP contribution in [-0.2, 0) is 10.9 Å². The highest BCUT2D eigenvalue weighted by Crippen LogP contribution is 2.41. The van der Waals surface area contributed by atoms with Crippen LogP contribution in [0.2, 0.25) is 5.15 Å². The molecule has 0 spiro atoms. The lowest BCUT2D eigenvalue weighted by molar-refractivity contribution is -0.137. The second-order valence-electron chi connectivity index (χ2n) is 8.03. The number of hydrogen-bond acceptors (Lipinski definition) is 5. The normalized spacial score (nSPS) is 29.9. The average Bonchev–Trinajstić information content (AvgIpc) is 3.14. The highest BCUT2D eigenvalue weighted by atomic mass is 35.5. The third kappa shape index (κ3) is 4.49.